The van der Waals surface area contributed by atoms with Gasteiger partial charge in [0.1, 0.15) is 16.2 Å². The molecule has 5 nitrogen and oxygen atoms in total. The summed E-state index contributed by atoms with van der Waals surface area (Å²) in [7, 11) is -2.35. The normalized spacial score (nSPS) is 20.0. The van der Waals surface area contributed by atoms with E-state index in [2.05, 4.69) is 4.72 Å². The number of fused-ring (bicyclic) bond motifs is 1. The van der Waals surface area contributed by atoms with Crippen LogP contribution >= 0.6 is 0 Å². The third-order valence-corrected chi connectivity index (χ3v) is 5.91. The molecule has 0 spiro atoms. The van der Waals surface area contributed by atoms with Gasteiger partial charge in [0, 0.05) is 6.54 Å². The van der Waals surface area contributed by atoms with E-state index in [1.165, 1.54) is 7.11 Å². The van der Waals surface area contributed by atoms with Crippen LogP contribution in [0.25, 0.3) is 0 Å². The summed E-state index contributed by atoms with van der Waals surface area (Å²) in [5.41, 5.74) is 1.50. The average Bonchev–Trinajstić information content (AvgIpc) is 2.91. The Labute approximate surface area is 142 Å². The Morgan fingerprint density at radius 2 is 2.00 bits per heavy atom. The van der Waals surface area contributed by atoms with Gasteiger partial charge in [0.15, 0.2) is 0 Å². The standard InChI is InChI=1S/C18H21NO4S/c1-13-7-8-16(23-2)17(11-13)24(21,22)19-12-18(20)10-9-14-5-3-4-6-15(14)18/h3-8,11,19-20H,9-10,12H2,1-2H3. The van der Waals surface area contributed by atoms with Crippen molar-refractivity contribution in [3.8, 4) is 5.75 Å². The highest BCUT2D eigenvalue weighted by atomic mass is 32.2. The van der Waals surface area contributed by atoms with Crippen LogP contribution in [-0.2, 0) is 22.0 Å². The van der Waals surface area contributed by atoms with Crippen LogP contribution in [0.15, 0.2) is 47.4 Å². The lowest BCUT2D eigenvalue weighted by atomic mass is 9.96. The van der Waals surface area contributed by atoms with Crippen molar-refractivity contribution >= 4 is 10.0 Å². The second-order valence-electron chi connectivity index (χ2n) is 6.17. The summed E-state index contributed by atoms with van der Waals surface area (Å²) < 4.78 is 33.0. The molecule has 2 aromatic carbocycles. The highest BCUT2D eigenvalue weighted by Crippen LogP contribution is 2.36. The molecule has 2 N–H and O–H groups in total. The molecule has 128 valence electrons. The van der Waals surface area contributed by atoms with Crippen molar-refractivity contribution < 1.29 is 18.3 Å². The third-order valence-electron chi connectivity index (χ3n) is 4.49. The first-order chi connectivity index (χ1) is 11.4. The number of benzene rings is 2. The number of rotatable bonds is 5. The number of aryl methyl sites for hydroxylation is 2. The molecular weight excluding hydrogens is 326 g/mol. The topological polar surface area (TPSA) is 75.6 Å². The van der Waals surface area contributed by atoms with Crippen molar-refractivity contribution in [1.82, 2.24) is 4.72 Å². The second kappa shape index (κ2) is 6.20. The smallest absolute Gasteiger partial charge is 0.244 e. The maximum atomic E-state index is 12.7. The van der Waals surface area contributed by atoms with Crippen LogP contribution in [-0.4, -0.2) is 27.2 Å². The summed E-state index contributed by atoms with van der Waals surface area (Å²) in [6, 6.07) is 12.6. The molecule has 0 radical (unpaired) electrons. The van der Waals surface area contributed by atoms with Gasteiger partial charge in [-0.05, 0) is 48.6 Å². The third kappa shape index (κ3) is 3.05. The molecule has 1 atom stereocenters. The van der Waals surface area contributed by atoms with Crippen LogP contribution in [0, 0.1) is 6.92 Å². The molecule has 1 unspecified atom stereocenters. The molecule has 0 aliphatic heterocycles. The van der Waals surface area contributed by atoms with Crippen molar-refractivity contribution in [1.29, 1.82) is 0 Å². The van der Waals surface area contributed by atoms with Gasteiger partial charge in [0.25, 0.3) is 0 Å². The van der Waals surface area contributed by atoms with Crippen LogP contribution in [0.5, 0.6) is 5.75 Å². The van der Waals surface area contributed by atoms with Crippen molar-refractivity contribution in [2.45, 2.75) is 30.3 Å². The lowest BCUT2D eigenvalue weighted by molar-refractivity contribution is 0.0442. The van der Waals surface area contributed by atoms with E-state index < -0.39 is 15.6 Å². The average molecular weight is 347 g/mol. The van der Waals surface area contributed by atoms with Crippen LogP contribution in [0.2, 0.25) is 0 Å². The van der Waals surface area contributed by atoms with Crippen molar-refractivity contribution in [3.05, 3.63) is 59.2 Å². The van der Waals surface area contributed by atoms with Crippen molar-refractivity contribution in [2.75, 3.05) is 13.7 Å². The molecule has 0 saturated carbocycles. The summed E-state index contributed by atoms with van der Waals surface area (Å²) in [4.78, 5) is 0.0832. The van der Waals surface area contributed by atoms with Crippen LogP contribution in [0.4, 0.5) is 0 Å². The lowest BCUT2D eigenvalue weighted by Gasteiger charge is -2.24. The largest absolute Gasteiger partial charge is 0.495 e. The lowest BCUT2D eigenvalue weighted by Crippen LogP contribution is -2.39. The Bertz CT molecular complexity index is 863. The summed E-state index contributed by atoms with van der Waals surface area (Å²) >= 11 is 0. The highest BCUT2D eigenvalue weighted by Gasteiger charge is 2.37. The van der Waals surface area contributed by atoms with Crippen LogP contribution < -0.4 is 9.46 Å². The fourth-order valence-corrected chi connectivity index (χ4v) is 4.48. The Kier molecular flexibility index (Phi) is 4.38. The predicted octanol–water partition coefficient (Wildman–Crippen LogP) is 2.12. The van der Waals surface area contributed by atoms with Gasteiger partial charge in [-0.15, -0.1) is 0 Å². The highest BCUT2D eigenvalue weighted by molar-refractivity contribution is 7.89. The summed E-state index contributed by atoms with van der Waals surface area (Å²) in [5, 5.41) is 10.9. The molecule has 0 saturated heterocycles. The molecule has 0 amide bonds. The molecule has 0 fully saturated rings. The zero-order valence-electron chi connectivity index (χ0n) is 13.7. The second-order valence-corrected chi connectivity index (χ2v) is 7.90. The van der Waals surface area contributed by atoms with E-state index in [4.69, 9.17) is 4.74 Å². The van der Waals surface area contributed by atoms with Crippen LogP contribution in [0.1, 0.15) is 23.1 Å². The number of sulfonamides is 1. The maximum Gasteiger partial charge on any atom is 0.244 e. The van der Waals surface area contributed by atoms with Gasteiger partial charge in [-0.3, -0.25) is 0 Å². The zero-order valence-corrected chi connectivity index (χ0v) is 14.6. The minimum absolute atomic E-state index is 0.0660. The van der Waals surface area contributed by atoms with Gasteiger partial charge < -0.3 is 9.84 Å². The van der Waals surface area contributed by atoms with Gasteiger partial charge in [-0.2, -0.15) is 0 Å². The molecule has 0 heterocycles. The van der Waals surface area contributed by atoms with Gasteiger partial charge in [0.2, 0.25) is 10.0 Å². The van der Waals surface area contributed by atoms with E-state index in [1.54, 1.807) is 18.2 Å². The van der Waals surface area contributed by atoms with E-state index in [1.807, 2.05) is 31.2 Å². The number of hydrogen-bond donors (Lipinski definition) is 2. The Morgan fingerprint density at radius 1 is 1.25 bits per heavy atom. The quantitative estimate of drug-likeness (QED) is 0.869. The first kappa shape index (κ1) is 17.0. The fourth-order valence-electron chi connectivity index (χ4n) is 3.14. The maximum absolute atomic E-state index is 12.7. The number of methoxy groups -OCH3 is 1. The van der Waals surface area contributed by atoms with E-state index in [9.17, 15) is 13.5 Å². The predicted molar refractivity (Wildman–Crippen MR) is 91.6 cm³/mol. The Hall–Kier alpha value is -1.89. The minimum Gasteiger partial charge on any atom is -0.495 e. The summed E-state index contributed by atoms with van der Waals surface area (Å²) in [5.74, 6) is 0.284. The molecule has 1 aliphatic rings. The van der Waals surface area contributed by atoms with Gasteiger partial charge >= 0.3 is 0 Å². The molecule has 3 rings (SSSR count). The molecule has 2 aromatic rings. The summed E-state index contributed by atoms with van der Waals surface area (Å²) in [6.45, 7) is 1.75. The molecule has 1 aliphatic carbocycles. The fraction of sp³-hybridized carbons (Fsp3) is 0.333. The van der Waals surface area contributed by atoms with E-state index in [-0.39, 0.29) is 17.2 Å². The Morgan fingerprint density at radius 3 is 2.75 bits per heavy atom. The van der Waals surface area contributed by atoms with E-state index in [0.29, 0.717) is 6.42 Å². The number of nitrogens with one attached hydrogen (secondary N) is 1. The van der Waals surface area contributed by atoms with Crippen LogP contribution in [0.3, 0.4) is 0 Å². The van der Waals surface area contributed by atoms with E-state index in [0.717, 1.165) is 23.1 Å². The molecule has 0 aromatic heterocycles. The van der Waals surface area contributed by atoms with Gasteiger partial charge in [0.05, 0.1) is 7.11 Å². The monoisotopic (exact) mass is 347 g/mol. The SMILES string of the molecule is COc1ccc(C)cc1S(=O)(=O)NCC1(O)CCc2ccccc21. The number of aliphatic hydroxyl groups is 1. The summed E-state index contributed by atoms with van der Waals surface area (Å²) in [6.07, 6.45) is 1.24. The zero-order chi connectivity index (χ0) is 17.4. The van der Waals surface area contributed by atoms with Gasteiger partial charge in [-0.1, -0.05) is 30.3 Å². The van der Waals surface area contributed by atoms with Crippen molar-refractivity contribution in [2.24, 2.45) is 0 Å². The molecular formula is C18H21NO4S. The first-order valence-electron chi connectivity index (χ1n) is 7.81. The Balaban J connectivity index is 1.86. The number of ether oxygens (including phenoxy) is 1. The number of hydrogen-bond acceptors (Lipinski definition) is 4. The minimum atomic E-state index is -3.79. The molecule has 24 heavy (non-hydrogen) atoms. The van der Waals surface area contributed by atoms with Crippen molar-refractivity contribution in [3.63, 3.8) is 0 Å². The molecule has 6 heteroatoms. The van der Waals surface area contributed by atoms with Gasteiger partial charge in [-0.25, -0.2) is 13.1 Å². The molecule has 0 bridgehead atoms. The van der Waals surface area contributed by atoms with E-state index >= 15 is 0 Å². The first-order valence-corrected chi connectivity index (χ1v) is 9.29.